The fourth-order valence-corrected chi connectivity index (χ4v) is 4.35. The molecule has 2 unspecified atom stereocenters. The number of amides is 1. The molecule has 128 valence electrons. The van der Waals surface area contributed by atoms with E-state index in [1.807, 2.05) is 19.3 Å². The van der Waals surface area contributed by atoms with Crippen molar-refractivity contribution >= 4 is 5.91 Å². The van der Waals surface area contributed by atoms with E-state index >= 15 is 0 Å². The highest BCUT2D eigenvalue weighted by Gasteiger charge is 2.59. The molecule has 6 heteroatoms. The van der Waals surface area contributed by atoms with Gasteiger partial charge in [0.2, 0.25) is 0 Å². The first-order valence-electron chi connectivity index (χ1n) is 8.56. The molecule has 1 amide bonds. The fourth-order valence-electron chi connectivity index (χ4n) is 4.35. The highest BCUT2D eigenvalue weighted by Crippen LogP contribution is 2.57. The van der Waals surface area contributed by atoms with Crippen LogP contribution in [0.3, 0.4) is 0 Å². The molecular formula is C18H24N4O2. The van der Waals surface area contributed by atoms with Crippen molar-refractivity contribution in [2.45, 2.75) is 37.8 Å². The van der Waals surface area contributed by atoms with E-state index in [9.17, 15) is 4.79 Å². The Morgan fingerprint density at radius 3 is 2.79 bits per heavy atom. The van der Waals surface area contributed by atoms with Gasteiger partial charge in [-0.15, -0.1) is 0 Å². The van der Waals surface area contributed by atoms with Crippen LogP contribution in [0.1, 0.15) is 36.2 Å². The van der Waals surface area contributed by atoms with E-state index in [0.717, 1.165) is 12.0 Å². The van der Waals surface area contributed by atoms with Crippen molar-refractivity contribution in [3.8, 4) is 11.3 Å². The summed E-state index contributed by atoms with van der Waals surface area (Å²) in [5.41, 5.74) is 1.15. The molecule has 1 N–H and O–H groups in total. The van der Waals surface area contributed by atoms with Crippen molar-refractivity contribution in [3.63, 3.8) is 0 Å². The molecule has 2 aliphatic carbocycles. The Labute approximate surface area is 141 Å². The first-order valence-corrected chi connectivity index (χ1v) is 8.56. The highest BCUT2D eigenvalue weighted by molar-refractivity contribution is 5.92. The van der Waals surface area contributed by atoms with E-state index in [1.54, 1.807) is 16.9 Å². The molecule has 2 heterocycles. The standard InChI is InChI=1S/C18H24N4O2/c1-21(2)16-9-15(18(16)7-4-8-18)20-17(23)14-6-5-13(24-14)12-10-19-22(3)11-12/h5-6,10-11,15-16H,4,7-9H2,1-3H3,(H,20,23). The maximum absolute atomic E-state index is 12.6. The second-order valence-electron chi connectivity index (χ2n) is 7.39. The van der Waals surface area contributed by atoms with Gasteiger partial charge in [0.05, 0.1) is 11.8 Å². The second-order valence-corrected chi connectivity index (χ2v) is 7.39. The molecular weight excluding hydrogens is 304 g/mol. The topological polar surface area (TPSA) is 63.3 Å². The molecule has 2 aromatic rings. The van der Waals surface area contributed by atoms with Crippen molar-refractivity contribution in [1.29, 1.82) is 0 Å². The number of rotatable bonds is 4. The Bertz CT molecular complexity index is 757. The number of carbonyl (C=O) groups is 1. The fraction of sp³-hybridized carbons (Fsp3) is 0.556. The van der Waals surface area contributed by atoms with Gasteiger partial charge in [-0.05, 0) is 45.5 Å². The van der Waals surface area contributed by atoms with E-state index in [1.165, 1.54) is 19.3 Å². The number of furan rings is 1. The van der Waals surface area contributed by atoms with Gasteiger partial charge in [-0.25, -0.2) is 0 Å². The number of nitrogens with zero attached hydrogens (tertiary/aromatic N) is 3. The van der Waals surface area contributed by atoms with Crippen LogP contribution in [0.4, 0.5) is 0 Å². The summed E-state index contributed by atoms with van der Waals surface area (Å²) in [6, 6.07) is 4.42. The molecule has 0 aromatic carbocycles. The monoisotopic (exact) mass is 328 g/mol. The highest BCUT2D eigenvalue weighted by atomic mass is 16.4. The molecule has 1 spiro atoms. The zero-order valence-electron chi connectivity index (χ0n) is 14.5. The Morgan fingerprint density at radius 1 is 1.42 bits per heavy atom. The number of hydrogen-bond acceptors (Lipinski definition) is 4. The molecule has 2 aromatic heterocycles. The van der Waals surface area contributed by atoms with Crippen molar-refractivity contribution < 1.29 is 9.21 Å². The van der Waals surface area contributed by atoms with Crippen LogP contribution in [0.25, 0.3) is 11.3 Å². The molecule has 2 fully saturated rings. The largest absolute Gasteiger partial charge is 0.451 e. The molecule has 4 rings (SSSR count). The zero-order valence-corrected chi connectivity index (χ0v) is 14.5. The normalized spacial score (nSPS) is 24.7. The average Bonchev–Trinajstić information content (AvgIpc) is 3.09. The Kier molecular flexibility index (Phi) is 3.53. The number of carbonyl (C=O) groups excluding carboxylic acids is 1. The zero-order chi connectivity index (χ0) is 16.9. The lowest BCUT2D eigenvalue weighted by atomic mass is 9.49. The molecule has 24 heavy (non-hydrogen) atoms. The van der Waals surface area contributed by atoms with Crippen LogP contribution >= 0.6 is 0 Å². The number of hydrogen-bond donors (Lipinski definition) is 1. The van der Waals surface area contributed by atoms with Gasteiger partial charge in [-0.1, -0.05) is 6.42 Å². The maximum atomic E-state index is 12.6. The van der Waals surface area contributed by atoms with Crippen LogP contribution in [-0.2, 0) is 7.05 Å². The quantitative estimate of drug-likeness (QED) is 0.935. The van der Waals surface area contributed by atoms with E-state index in [2.05, 4.69) is 29.4 Å². The molecule has 0 radical (unpaired) electrons. The lowest BCUT2D eigenvalue weighted by Crippen LogP contribution is -2.70. The number of aromatic nitrogens is 2. The summed E-state index contributed by atoms with van der Waals surface area (Å²) in [5, 5.41) is 7.33. The summed E-state index contributed by atoms with van der Waals surface area (Å²) in [5.74, 6) is 0.932. The van der Waals surface area contributed by atoms with Gasteiger partial charge < -0.3 is 14.6 Å². The molecule has 2 aliphatic rings. The smallest absolute Gasteiger partial charge is 0.287 e. The predicted molar refractivity (Wildman–Crippen MR) is 90.5 cm³/mol. The van der Waals surface area contributed by atoms with Crippen LogP contribution in [0, 0.1) is 5.41 Å². The third kappa shape index (κ3) is 2.28. The number of nitrogens with one attached hydrogen (secondary N) is 1. The summed E-state index contributed by atoms with van der Waals surface area (Å²) < 4.78 is 7.45. The SMILES string of the molecule is CN(C)C1CC(NC(=O)c2ccc(-c3cnn(C)c3)o2)C12CCC2. The Balaban J connectivity index is 1.45. The summed E-state index contributed by atoms with van der Waals surface area (Å²) in [6.45, 7) is 0. The van der Waals surface area contributed by atoms with Crippen molar-refractivity contribution in [1.82, 2.24) is 20.0 Å². The Morgan fingerprint density at radius 2 is 2.21 bits per heavy atom. The lowest BCUT2D eigenvalue weighted by molar-refractivity contribution is -0.0965. The molecule has 0 bridgehead atoms. The van der Waals surface area contributed by atoms with E-state index in [0.29, 0.717) is 17.6 Å². The molecule has 2 atom stereocenters. The molecule has 2 saturated carbocycles. The molecule has 0 saturated heterocycles. The summed E-state index contributed by atoms with van der Waals surface area (Å²) in [7, 11) is 6.13. The van der Waals surface area contributed by atoms with Crippen LogP contribution in [0.2, 0.25) is 0 Å². The molecule has 6 nitrogen and oxygen atoms in total. The van der Waals surface area contributed by atoms with E-state index < -0.39 is 0 Å². The molecule has 0 aliphatic heterocycles. The minimum absolute atomic E-state index is 0.112. The van der Waals surface area contributed by atoms with Gasteiger partial charge in [0.25, 0.3) is 5.91 Å². The average molecular weight is 328 g/mol. The van der Waals surface area contributed by atoms with Crippen molar-refractivity contribution in [2.75, 3.05) is 14.1 Å². The number of aryl methyl sites for hydroxylation is 1. The van der Waals surface area contributed by atoms with Gasteiger partial charge in [0.15, 0.2) is 5.76 Å². The van der Waals surface area contributed by atoms with Crippen LogP contribution < -0.4 is 5.32 Å². The van der Waals surface area contributed by atoms with Gasteiger partial charge in [-0.3, -0.25) is 9.48 Å². The van der Waals surface area contributed by atoms with Gasteiger partial charge in [0, 0.05) is 30.7 Å². The van der Waals surface area contributed by atoms with E-state index in [4.69, 9.17) is 4.42 Å². The summed E-state index contributed by atoms with van der Waals surface area (Å²) >= 11 is 0. The van der Waals surface area contributed by atoms with Crippen LogP contribution in [-0.4, -0.2) is 46.8 Å². The first kappa shape index (κ1) is 15.4. The minimum atomic E-state index is -0.112. The van der Waals surface area contributed by atoms with Crippen LogP contribution in [0.5, 0.6) is 0 Å². The maximum Gasteiger partial charge on any atom is 0.287 e. The van der Waals surface area contributed by atoms with Crippen LogP contribution in [0.15, 0.2) is 28.9 Å². The lowest BCUT2D eigenvalue weighted by Gasteiger charge is -2.63. The van der Waals surface area contributed by atoms with Gasteiger partial charge in [0.1, 0.15) is 5.76 Å². The second kappa shape index (κ2) is 5.48. The van der Waals surface area contributed by atoms with Gasteiger partial charge >= 0.3 is 0 Å². The third-order valence-electron chi connectivity index (χ3n) is 5.85. The first-order chi connectivity index (χ1) is 11.5. The van der Waals surface area contributed by atoms with Gasteiger partial charge in [-0.2, -0.15) is 5.10 Å². The minimum Gasteiger partial charge on any atom is -0.451 e. The summed E-state index contributed by atoms with van der Waals surface area (Å²) in [4.78, 5) is 14.9. The summed E-state index contributed by atoms with van der Waals surface area (Å²) in [6.07, 6.45) is 8.31. The third-order valence-corrected chi connectivity index (χ3v) is 5.85. The van der Waals surface area contributed by atoms with E-state index in [-0.39, 0.29) is 17.4 Å². The van der Waals surface area contributed by atoms with Crippen molar-refractivity contribution in [2.24, 2.45) is 12.5 Å². The Hall–Kier alpha value is -2.08. The van der Waals surface area contributed by atoms with Crippen molar-refractivity contribution in [3.05, 3.63) is 30.3 Å². The predicted octanol–water partition coefficient (Wildman–Crippen LogP) is 2.28.